The Morgan fingerprint density at radius 3 is 1.77 bits per heavy atom. The third kappa shape index (κ3) is 16.3. The molecule has 1 saturated carbocycles. The molecular weight excluding hydrogens is 998 g/mol. The first-order chi connectivity index (χ1) is 35.6. The highest BCUT2D eigenvalue weighted by atomic mass is 19.4. The van der Waals surface area contributed by atoms with Crippen molar-refractivity contribution in [3.8, 4) is 0 Å². The molecule has 4 aliphatic heterocycles. The van der Waals surface area contributed by atoms with Crippen LogP contribution >= 0.6 is 0 Å². The average molecular weight is 1060 g/mol. The average Bonchev–Trinajstić information content (AvgIpc) is 4.12. The number of nitrogens with one attached hydrogen (secondary N) is 10. The number of hydrogen-bond donors (Lipinski definition) is 10. The van der Waals surface area contributed by atoms with Gasteiger partial charge in [0.1, 0.15) is 29.7 Å². The smallest absolute Gasteiger partial charge is 0.377 e. The van der Waals surface area contributed by atoms with Crippen LogP contribution in [0.3, 0.4) is 0 Å². The molecule has 4 saturated heterocycles. The molecule has 25 nitrogen and oxygen atoms in total. The van der Waals surface area contributed by atoms with Crippen molar-refractivity contribution in [1.29, 1.82) is 0 Å². The van der Waals surface area contributed by atoms with E-state index in [0.29, 0.717) is 37.7 Å². The van der Waals surface area contributed by atoms with Crippen LogP contribution in [0, 0.1) is 6.92 Å². The maximum absolute atomic E-state index is 14.1. The summed E-state index contributed by atoms with van der Waals surface area (Å²) in [6.07, 6.45) is -5.02. The zero-order chi connectivity index (χ0) is 54.5. The van der Waals surface area contributed by atoms with Crippen LogP contribution < -0.4 is 53.2 Å². The Kier molecular flexibility index (Phi) is 19.5. The number of rotatable bonds is 4. The maximum Gasteiger partial charge on any atom is 0.391 e. The standard InChI is InChI=1S/C47H63F3N12O13/c1-26-6-8-27(9-7-26)15-30-41(70)54-20-37(66)53-23-40(69)61-14-4-5-33(61)43(72)60-46(12-2-3-13-46)45(74)56-22-39(68)58-31(44(73)62-28-10-11-29(62)25-75-24-28)16-34(63)59-32(17-47(48,49)50)42(71)55-19-36(65)51-18-35(64)52-21-38(67)57-30/h6-9,28-33H,2-5,10-25H2,1H3,(H,51,65)(H,52,64)(H,53,66)(H,54,70)(H,55,71)(H,56,74)(H,57,67)(H,58,68)(H,59,63)(H,60,72). The number of hydrogen-bond acceptors (Lipinski definition) is 13. The number of morpholine rings is 1. The van der Waals surface area contributed by atoms with Gasteiger partial charge >= 0.3 is 6.18 Å². The molecule has 5 aliphatic rings. The van der Waals surface area contributed by atoms with Gasteiger partial charge in [0.15, 0.2) is 0 Å². The van der Waals surface area contributed by atoms with Crippen LogP contribution in [0.25, 0.3) is 0 Å². The summed E-state index contributed by atoms with van der Waals surface area (Å²) in [5.74, 6) is -11.1. The van der Waals surface area contributed by atoms with Gasteiger partial charge in [-0.15, -0.1) is 0 Å². The lowest BCUT2D eigenvalue weighted by Crippen LogP contribution is -2.62. The molecule has 0 aromatic heterocycles. The number of fused-ring (bicyclic) bond motifs is 3. The maximum atomic E-state index is 14.1. The van der Waals surface area contributed by atoms with Crippen molar-refractivity contribution >= 4 is 70.9 Å². The Morgan fingerprint density at radius 2 is 1.16 bits per heavy atom. The summed E-state index contributed by atoms with van der Waals surface area (Å²) in [5.41, 5.74) is -0.00672. The minimum absolute atomic E-state index is 0.0617. The van der Waals surface area contributed by atoms with Crippen LogP contribution in [0.15, 0.2) is 24.3 Å². The highest BCUT2D eigenvalue weighted by Gasteiger charge is 2.47. The fraction of sp³-hybridized carbons (Fsp3) is 0.617. The van der Waals surface area contributed by atoms with Crippen molar-refractivity contribution in [1.82, 2.24) is 63.0 Å². The minimum atomic E-state index is -5.05. The summed E-state index contributed by atoms with van der Waals surface area (Å²) in [6.45, 7) is -2.19. The lowest BCUT2D eigenvalue weighted by Gasteiger charge is -2.37. The van der Waals surface area contributed by atoms with E-state index in [9.17, 15) is 70.7 Å². The van der Waals surface area contributed by atoms with E-state index in [-0.39, 0.29) is 45.4 Å². The van der Waals surface area contributed by atoms with Crippen molar-refractivity contribution in [2.45, 2.75) is 126 Å². The first-order valence-electron chi connectivity index (χ1n) is 24.8. The topological polar surface area (TPSA) is 341 Å². The van der Waals surface area contributed by atoms with Crippen LogP contribution in [0.4, 0.5) is 13.2 Å². The molecule has 10 N–H and O–H groups in total. The third-order valence-electron chi connectivity index (χ3n) is 13.5. The normalized spacial score (nSPS) is 27.0. The number of aryl methyl sites for hydroxylation is 1. The molecule has 1 aliphatic carbocycles. The van der Waals surface area contributed by atoms with E-state index in [1.807, 2.05) is 17.6 Å². The van der Waals surface area contributed by atoms with Crippen LogP contribution in [-0.2, 0) is 68.7 Å². The fourth-order valence-electron chi connectivity index (χ4n) is 9.68. The van der Waals surface area contributed by atoms with Crippen molar-refractivity contribution < 1.29 is 75.4 Å². The monoisotopic (exact) mass is 1060 g/mol. The zero-order valence-electron chi connectivity index (χ0n) is 41.3. The van der Waals surface area contributed by atoms with E-state index in [0.717, 1.165) is 5.56 Å². The number of carbonyl (C=O) groups excluding carboxylic acids is 12. The molecule has 75 heavy (non-hydrogen) atoms. The van der Waals surface area contributed by atoms with Gasteiger partial charge in [-0.25, -0.2) is 0 Å². The van der Waals surface area contributed by atoms with Crippen LogP contribution in [0.5, 0.6) is 0 Å². The molecule has 6 rings (SSSR count). The van der Waals surface area contributed by atoms with Crippen LogP contribution in [0.1, 0.15) is 75.3 Å². The van der Waals surface area contributed by atoms with Gasteiger partial charge in [0.2, 0.25) is 70.9 Å². The van der Waals surface area contributed by atoms with E-state index in [4.69, 9.17) is 4.74 Å². The SMILES string of the molecule is Cc1ccc(CC2NC(=O)CNC(=O)CNC(=O)CNC(=O)C(CC(F)(F)F)NC(=O)CC(C(=O)N3C4CCC3COC4)NC(=O)CNC(=O)C3(CCCC3)NC(=O)C3CCCN3C(=O)CNC(=O)CNC2=O)cc1. The Hall–Kier alpha value is -7.39. The van der Waals surface area contributed by atoms with Gasteiger partial charge in [0, 0.05) is 13.0 Å². The molecule has 410 valence electrons. The molecule has 1 aromatic rings. The van der Waals surface area contributed by atoms with E-state index in [1.165, 1.54) is 9.80 Å². The van der Waals surface area contributed by atoms with Crippen LogP contribution in [0.2, 0.25) is 0 Å². The van der Waals surface area contributed by atoms with Crippen molar-refractivity contribution in [3.63, 3.8) is 0 Å². The number of benzene rings is 1. The number of carbonyl (C=O) groups is 12. The fourth-order valence-corrected chi connectivity index (χ4v) is 9.68. The van der Waals surface area contributed by atoms with Gasteiger partial charge < -0.3 is 67.7 Å². The quantitative estimate of drug-likeness (QED) is 0.137. The predicted octanol–water partition coefficient (Wildman–Crippen LogP) is -4.14. The second-order valence-electron chi connectivity index (χ2n) is 19.2. The zero-order valence-corrected chi connectivity index (χ0v) is 41.3. The molecule has 6 atom stereocenters. The largest absolute Gasteiger partial charge is 0.391 e. The number of nitrogens with zero attached hydrogens (tertiary/aromatic N) is 2. The van der Waals surface area contributed by atoms with Gasteiger partial charge in [-0.05, 0) is 51.0 Å². The molecular formula is C47H63F3N12O13. The highest BCUT2D eigenvalue weighted by Crippen LogP contribution is 2.32. The summed E-state index contributed by atoms with van der Waals surface area (Å²) >= 11 is 0. The third-order valence-corrected chi connectivity index (χ3v) is 13.5. The lowest BCUT2D eigenvalue weighted by molar-refractivity contribution is -0.152. The Bertz CT molecular complexity index is 2350. The van der Waals surface area contributed by atoms with E-state index >= 15 is 0 Å². The molecule has 2 bridgehead atoms. The summed E-state index contributed by atoms with van der Waals surface area (Å²) in [7, 11) is 0. The summed E-state index contributed by atoms with van der Waals surface area (Å²) in [6, 6.07) is -0.324. The lowest BCUT2D eigenvalue weighted by atomic mass is 9.95. The highest BCUT2D eigenvalue weighted by molar-refractivity contribution is 5.99. The van der Waals surface area contributed by atoms with E-state index < -0.39 is 171 Å². The molecule has 28 heteroatoms. The first kappa shape index (κ1) is 56.9. The number of halogens is 3. The van der Waals surface area contributed by atoms with Crippen molar-refractivity contribution in [2.75, 3.05) is 59.0 Å². The summed E-state index contributed by atoms with van der Waals surface area (Å²) in [4.78, 5) is 163. The summed E-state index contributed by atoms with van der Waals surface area (Å²) < 4.78 is 47.0. The summed E-state index contributed by atoms with van der Waals surface area (Å²) in [5, 5.41) is 23.2. The number of ether oxygens (including phenoxy) is 1. The van der Waals surface area contributed by atoms with Gasteiger partial charge in [0.05, 0.1) is 77.4 Å². The van der Waals surface area contributed by atoms with Crippen molar-refractivity contribution in [2.24, 2.45) is 0 Å². The predicted molar refractivity (Wildman–Crippen MR) is 253 cm³/mol. The molecule has 1 spiro atoms. The van der Waals surface area contributed by atoms with Gasteiger partial charge in [-0.1, -0.05) is 42.7 Å². The molecule has 4 heterocycles. The second kappa shape index (κ2) is 25.7. The molecule has 5 fully saturated rings. The minimum Gasteiger partial charge on any atom is -0.377 e. The van der Waals surface area contributed by atoms with Gasteiger partial charge in [-0.2, -0.15) is 13.2 Å². The molecule has 6 unspecified atom stereocenters. The molecule has 12 amide bonds. The van der Waals surface area contributed by atoms with E-state index in [1.54, 1.807) is 24.3 Å². The number of amides is 12. The van der Waals surface area contributed by atoms with Gasteiger partial charge in [-0.3, -0.25) is 57.5 Å². The molecule has 1 aromatic carbocycles. The van der Waals surface area contributed by atoms with Gasteiger partial charge in [0.25, 0.3) is 0 Å². The number of alkyl halides is 3. The Balaban J connectivity index is 1.19. The van der Waals surface area contributed by atoms with Crippen LogP contribution in [-0.4, -0.2) is 188 Å². The Labute approximate surface area is 428 Å². The van der Waals surface area contributed by atoms with Crippen molar-refractivity contribution in [3.05, 3.63) is 35.4 Å². The first-order valence-corrected chi connectivity index (χ1v) is 24.8. The molecule has 0 radical (unpaired) electrons. The second-order valence-corrected chi connectivity index (χ2v) is 19.2. The van der Waals surface area contributed by atoms with E-state index in [2.05, 4.69) is 42.5 Å². The Morgan fingerprint density at radius 1 is 0.627 bits per heavy atom.